The topological polar surface area (TPSA) is 41.4 Å². The summed E-state index contributed by atoms with van der Waals surface area (Å²) >= 11 is 0. The summed E-state index contributed by atoms with van der Waals surface area (Å²) in [6.45, 7) is 7.17. The van der Waals surface area contributed by atoms with Gasteiger partial charge in [0, 0.05) is 26.0 Å². The second-order valence-corrected chi connectivity index (χ2v) is 5.76. The minimum absolute atomic E-state index is 0.0290. The number of aromatic nitrogens is 1. The van der Waals surface area contributed by atoms with Crippen LogP contribution in [0.15, 0.2) is 41.7 Å². The van der Waals surface area contributed by atoms with Crippen LogP contribution >= 0.6 is 0 Å². The van der Waals surface area contributed by atoms with Gasteiger partial charge in [-0.3, -0.25) is 0 Å². The van der Waals surface area contributed by atoms with Gasteiger partial charge in [0.25, 0.3) is 0 Å². The number of aliphatic imine (C=N–C) groups is 1. The summed E-state index contributed by atoms with van der Waals surface area (Å²) in [5.74, 6) is 0.548. The Bertz CT molecular complexity index is 675. The van der Waals surface area contributed by atoms with Gasteiger partial charge in [0.1, 0.15) is 5.82 Å². The number of halogens is 1. The van der Waals surface area contributed by atoms with E-state index in [2.05, 4.69) is 15.6 Å². The molecular weight excluding hydrogens is 291 g/mol. The smallest absolute Gasteiger partial charge is 0.192 e. The number of rotatable bonds is 5. The SMILES string of the molecule is CCNC(=NCc1ccn(C)c1)NC(C)c1ccc(C)c(F)c1. The lowest BCUT2D eigenvalue weighted by Crippen LogP contribution is -2.38. The Hall–Kier alpha value is -2.30. The molecule has 0 bridgehead atoms. The summed E-state index contributed by atoms with van der Waals surface area (Å²) in [5.41, 5.74) is 2.71. The van der Waals surface area contributed by atoms with E-state index in [1.54, 1.807) is 19.1 Å². The molecule has 0 spiro atoms. The second kappa shape index (κ2) is 7.81. The summed E-state index contributed by atoms with van der Waals surface area (Å²) in [7, 11) is 1.99. The number of nitrogens with zero attached hydrogens (tertiary/aromatic N) is 2. The minimum atomic E-state index is -0.178. The minimum Gasteiger partial charge on any atom is -0.357 e. The Balaban J connectivity index is 2.06. The lowest BCUT2D eigenvalue weighted by Gasteiger charge is -2.18. The summed E-state index contributed by atoms with van der Waals surface area (Å²) in [4.78, 5) is 4.59. The van der Waals surface area contributed by atoms with Gasteiger partial charge < -0.3 is 15.2 Å². The Labute approximate surface area is 137 Å². The maximum atomic E-state index is 13.7. The third-order valence-corrected chi connectivity index (χ3v) is 3.71. The van der Waals surface area contributed by atoms with E-state index in [1.165, 1.54) is 0 Å². The van der Waals surface area contributed by atoms with Crippen molar-refractivity contribution >= 4 is 5.96 Å². The highest BCUT2D eigenvalue weighted by atomic mass is 19.1. The van der Waals surface area contributed by atoms with Crippen molar-refractivity contribution in [3.63, 3.8) is 0 Å². The number of hydrogen-bond donors (Lipinski definition) is 2. The number of guanidine groups is 1. The molecule has 0 aliphatic heterocycles. The zero-order valence-electron chi connectivity index (χ0n) is 14.2. The van der Waals surface area contributed by atoms with Crippen LogP contribution in [0.2, 0.25) is 0 Å². The van der Waals surface area contributed by atoms with Gasteiger partial charge in [-0.25, -0.2) is 9.38 Å². The van der Waals surface area contributed by atoms with Crippen molar-refractivity contribution in [2.45, 2.75) is 33.4 Å². The van der Waals surface area contributed by atoms with Crippen molar-refractivity contribution < 1.29 is 4.39 Å². The highest BCUT2D eigenvalue weighted by Gasteiger charge is 2.09. The number of nitrogens with one attached hydrogen (secondary N) is 2. The molecule has 0 fully saturated rings. The van der Waals surface area contributed by atoms with Crippen LogP contribution in [0.3, 0.4) is 0 Å². The van der Waals surface area contributed by atoms with Crippen LogP contribution in [0.5, 0.6) is 0 Å². The van der Waals surface area contributed by atoms with Gasteiger partial charge >= 0.3 is 0 Å². The van der Waals surface area contributed by atoms with Crippen LogP contribution in [0.1, 0.15) is 36.6 Å². The van der Waals surface area contributed by atoms with Gasteiger partial charge in [0.05, 0.1) is 12.6 Å². The first-order chi connectivity index (χ1) is 11.0. The fourth-order valence-corrected chi connectivity index (χ4v) is 2.31. The first kappa shape index (κ1) is 17.1. The molecule has 1 unspecified atom stereocenters. The Morgan fingerprint density at radius 1 is 1.35 bits per heavy atom. The molecule has 2 rings (SSSR count). The molecule has 0 saturated carbocycles. The third-order valence-electron chi connectivity index (χ3n) is 3.71. The van der Waals surface area contributed by atoms with Crippen LogP contribution in [0.4, 0.5) is 4.39 Å². The van der Waals surface area contributed by atoms with Crippen molar-refractivity contribution in [2.24, 2.45) is 12.0 Å². The van der Waals surface area contributed by atoms with Crippen LogP contribution < -0.4 is 10.6 Å². The van der Waals surface area contributed by atoms with Crippen molar-refractivity contribution in [2.75, 3.05) is 6.54 Å². The van der Waals surface area contributed by atoms with E-state index in [4.69, 9.17) is 0 Å². The molecule has 1 atom stereocenters. The van der Waals surface area contributed by atoms with Crippen molar-refractivity contribution in [3.8, 4) is 0 Å². The monoisotopic (exact) mass is 316 g/mol. The van der Waals surface area contributed by atoms with E-state index in [9.17, 15) is 4.39 Å². The van der Waals surface area contributed by atoms with Crippen LogP contribution in [0.25, 0.3) is 0 Å². The molecule has 0 amide bonds. The van der Waals surface area contributed by atoms with Crippen molar-refractivity contribution in [3.05, 3.63) is 59.2 Å². The van der Waals surface area contributed by atoms with Crippen LogP contribution in [-0.4, -0.2) is 17.1 Å². The summed E-state index contributed by atoms with van der Waals surface area (Å²) in [6.07, 6.45) is 4.05. The van der Waals surface area contributed by atoms with Gasteiger partial charge in [-0.2, -0.15) is 0 Å². The number of benzene rings is 1. The number of hydrogen-bond acceptors (Lipinski definition) is 1. The molecule has 2 N–H and O–H groups in total. The largest absolute Gasteiger partial charge is 0.357 e. The molecule has 0 saturated heterocycles. The molecule has 0 radical (unpaired) electrons. The maximum Gasteiger partial charge on any atom is 0.192 e. The Morgan fingerprint density at radius 3 is 2.74 bits per heavy atom. The molecular formula is C18H25FN4. The highest BCUT2D eigenvalue weighted by Crippen LogP contribution is 2.16. The predicted molar refractivity (Wildman–Crippen MR) is 92.9 cm³/mol. The van der Waals surface area contributed by atoms with E-state index >= 15 is 0 Å². The van der Waals surface area contributed by atoms with Gasteiger partial charge in [0.2, 0.25) is 0 Å². The van der Waals surface area contributed by atoms with Crippen molar-refractivity contribution in [1.29, 1.82) is 0 Å². The molecule has 23 heavy (non-hydrogen) atoms. The third kappa shape index (κ3) is 4.84. The molecule has 4 nitrogen and oxygen atoms in total. The molecule has 1 heterocycles. The average Bonchev–Trinajstić information content (AvgIpc) is 2.93. The molecule has 5 heteroatoms. The van der Waals surface area contributed by atoms with Gasteiger partial charge in [-0.05, 0) is 49.6 Å². The zero-order valence-corrected chi connectivity index (χ0v) is 14.2. The molecule has 0 aliphatic carbocycles. The fourth-order valence-electron chi connectivity index (χ4n) is 2.31. The molecule has 2 aromatic rings. The zero-order chi connectivity index (χ0) is 16.8. The highest BCUT2D eigenvalue weighted by molar-refractivity contribution is 5.80. The Kier molecular flexibility index (Phi) is 5.79. The standard InChI is InChI=1S/C18H25FN4/c1-5-20-18(21-11-15-8-9-23(4)12-15)22-14(3)16-7-6-13(2)17(19)10-16/h6-10,12,14H,5,11H2,1-4H3,(H2,20,21,22). The van der Waals surface area contributed by atoms with E-state index < -0.39 is 0 Å². The lowest BCUT2D eigenvalue weighted by molar-refractivity contribution is 0.607. The van der Waals surface area contributed by atoms with Crippen LogP contribution in [0, 0.1) is 12.7 Å². The summed E-state index contributed by atoms with van der Waals surface area (Å²) in [5, 5.41) is 6.55. The second-order valence-electron chi connectivity index (χ2n) is 5.76. The Morgan fingerprint density at radius 2 is 2.13 bits per heavy atom. The van der Waals surface area contributed by atoms with Gasteiger partial charge in [0.15, 0.2) is 5.96 Å². The van der Waals surface area contributed by atoms with E-state index in [-0.39, 0.29) is 11.9 Å². The molecule has 1 aromatic heterocycles. The van der Waals surface area contributed by atoms with E-state index in [0.29, 0.717) is 12.1 Å². The van der Waals surface area contributed by atoms with Gasteiger partial charge in [-0.1, -0.05) is 12.1 Å². The normalized spacial score (nSPS) is 13.0. The molecule has 1 aromatic carbocycles. The van der Waals surface area contributed by atoms with E-state index in [1.807, 2.05) is 50.0 Å². The van der Waals surface area contributed by atoms with Crippen molar-refractivity contribution in [1.82, 2.24) is 15.2 Å². The number of aryl methyl sites for hydroxylation is 2. The van der Waals surface area contributed by atoms with E-state index in [0.717, 1.165) is 23.6 Å². The van der Waals surface area contributed by atoms with Crippen LogP contribution in [-0.2, 0) is 13.6 Å². The average molecular weight is 316 g/mol. The summed E-state index contributed by atoms with van der Waals surface area (Å²) in [6, 6.07) is 7.34. The maximum absolute atomic E-state index is 13.7. The lowest BCUT2D eigenvalue weighted by atomic mass is 10.1. The predicted octanol–water partition coefficient (Wildman–Crippen LogP) is 3.29. The van der Waals surface area contributed by atoms with Gasteiger partial charge in [-0.15, -0.1) is 0 Å². The molecule has 124 valence electrons. The first-order valence-corrected chi connectivity index (χ1v) is 7.91. The fraction of sp³-hybridized carbons (Fsp3) is 0.389. The quantitative estimate of drug-likeness (QED) is 0.656. The molecule has 0 aliphatic rings. The summed E-state index contributed by atoms with van der Waals surface area (Å²) < 4.78 is 15.7. The first-order valence-electron chi connectivity index (χ1n) is 7.91.